The summed E-state index contributed by atoms with van der Waals surface area (Å²) in [6.45, 7) is 3.61. The first kappa shape index (κ1) is 14.1. The highest BCUT2D eigenvalue weighted by Gasteiger charge is 2.26. The molecule has 2 N–H and O–H groups in total. The second kappa shape index (κ2) is 6.23. The molecule has 106 valence electrons. The van der Waals surface area contributed by atoms with Crippen molar-refractivity contribution in [1.82, 2.24) is 0 Å². The number of nitrogens with one attached hydrogen (secondary N) is 1. The summed E-state index contributed by atoms with van der Waals surface area (Å²) in [6, 6.07) is 5.30. The van der Waals surface area contributed by atoms with Crippen molar-refractivity contribution in [3.8, 4) is 0 Å². The molecule has 1 aliphatic carbocycles. The number of carboxylic acid groups (broad SMARTS) is 1. The fraction of sp³-hybridized carbons (Fsp3) is 0.333. The maximum atomic E-state index is 11.4. The minimum atomic E-state index is -0.794. The van der Waals surface area contributed by atoms with Crippen LogP contribution in [0, 0.1) is 0 Å². The fourth-order valence-electron chi connectivity index (χ4n) is 2.44. The zero-order valence-electron chi connectivity index (χ0n) is 11.1. The van der Waals surface area contributed by atoms with Crippen LogP contribution >= 0.6 is 0 Å². The van der Waals surface area contributed by atoms with Crippen LogP contribution in [-0.4, -0.2) is 23.8 Å². The van der Waals surface area contributed by atoms with Gasteiger partial charge in [-0.15, -0.1) is 0 Å². The van der Waals surface area contributed by atoms with Crippen LogP contribution in [-0.2, 0) is 16.0 Å². The third-order valence-corrected chi connectivity index (χ3v) is 3.33. The lowest BCUT2D eigenvalue weighted by molar-refractivity contribution is -0.139. The third kappa shape index (κ3) is 3.17. The summed E-state index contributed by atoms with van der Waals surface area (Å²) >= 11 is 0. The lowest BCUT2D eigenvalue weighted by atomic mass is 9.82. The first-order valence-corrected chi connectivity index (χ1v) is 6.52. The highest BCUT2D eigenvalue weighted by molar-refractivity contribution is 5.85. The van der Waals surface area contributed by atoms with Gasteiger partial charge in [0.05, 0.1) is 5.92 Å². The molecule has 0 fully saturated rings. The highest BCUT2D eigenvalue weighted by Crippen LogP contribution is 2.33. The van der Waals surface area contributed by atoms with Crippen LogP contribution in [0.3, 0.4) is 0 Å². The Labute approximate surface area is 117 Å². The molecule has 1 unspecified atom stereocenters. The van der Waals surface area contributed by atoms with E-state index in [1.54, 1.807) is 12.1 Å². The predicted octanol–water partition coefficient (Wildman–Crippen LogP) is 2.93. The van der Waals surface area contributed by atoms with E-state index in [-0.39, 0.29) is 6.61 Å². The Kier molecular flexibility index (Phi) is 4.40. The van der Waals surface area contributed by atoms with E-state index in [1.165, 1.54) is 6.08 Å². The molecule has 5 heteroatoms. The number of ether oxygens (including phenoxy) is 1. The Morgan fingerprint density at radius 1 is 1.50 bits per heavy atom. The molecule has 0 bridgehead atoms. The monoisotopic (exact) mass is 275 g/mol. The van der Waals surface area contributed by atoms with E-state index < -0.39 is 18.0 Å². The number of carboxylic acids is 1. The number of benzene rings is 1. The predicted molar refractivity (Wildman–Crippen MR) is 74.9 cm³/mol. The molecular weight excluding hydrogens is 258 g/mol. The summed E-state index contributed by atoms with van der Waals surface area (Å²) in [5.41, 5.74) is 2.43. The van der Waals surface area contributed by atoms with E-state index in [0.29, 0.717) is 12.1 Å². The lowest BCUT2D eigenvalue weighted by Gasteiger charge is -2.22. The molecule has 5 nitrogen and oxygen atoms in total. The van der Waals surface area contributed by atoms with Gasteiger partial charge in [0.15, 0.2) is 0 Å². The number of rotatable bonds is 4. The maximum Gasteiger partial charge on any atom is 0.411 e. The van der Waals surface area contributed by atoms with Crippen molar-refractivity contribution < 1.29 is 19.4 Å². The van der Waals surface area contributed by atoms with E-state index in [9.17, 15) is 14.7 Å². The Bertz CT molecular complexity index is 539. The molecule has 0 aliphatic heterocycles. The number of aryl methyl sites for hydroxylation is 1. The van der Waals surface area contributed by atoms with Crippen LogP contribution in [0.15, 0.2) is 30.9 Å². The lowest BCUT2D eigenvalue weighted by Crippen LogP contribution is -2.19. The molecular formula is C15H17NO4. The summed E-state index contributed by atoms with van der Waals surface area (Å²) in [5, 5.41) is 11.8. The van der Waals surface area contributed by atoms with E-state index >= 15 is 0 Å². The number of hydrogen-bond acceptors (Lipinski definition) is 3. The Hall–Kier alpha value is -2.30. The molecule has 0 radical (unpaired) electrons. The summed E-state index contributed by atoms with van der Waals surface area (Å²) < 4.78 is 4.84. The van der Waals surface area contributed by atoms with Crippen molar-refractivity contribution in [2.75, 3.05) is 11.9 Å². The Morgan fingerprint density at radius 2 is 2.30 bits per heavy atom. The molecule has 1 atom stereocenters. The quantitative estimate of drug-likeness (QED) is 0.828. The van der Waals surface area contributed by atoms with Crippen LogP contribution in [0.2, 0.25) is 0 Å². The largest absolute Gasteiger partial charge is 0.481 e. The summed E-state index contributed by atoms with van der Waals surface area (Å²) in [6.07, 6.45) is 3.28. The van der Waals surface area contributed by atoms with Crippen LogP contribution < -0.4 is 5.32 Å². The van der Waals surface area contributed by atoms with Gasteiger partial charge in [-0.05, 0) is 42.5 Å². The summed E-state index contributed by atoms with van der Waals surface area (Å²) in [4.78, 5) is 22.6. The number of anilines is 1. The van der Waals surface area contributed by atoms with Gasteiger partial charge in [-0.3, -0.25) is 10.1 Å². The minimum absolute atomic E-state index is 0.151. The van der Waals surface area contributed by atoms with Crippen molar-refractivity contribution in [1.29, 1.82) is 0 Å². The smallest absolute Gasteiger partial charge is 0.411 e. The van der Waals surface area contributed by atoms with Crippen molar-refractivity contribution in [2.24, 2.45) is 0 Å². The van der Waals surface area contributed by atoms with Gasteiger partial charge in [-0.1, -0.05) is 18.7 Å². The molecule has 0 heterocycles. The number of amides is 1. The van der Waals surface area contributed by atoms with Gasteiger partial charge < -0.3 is 9.84 Å². The zero-order valence-corrected chi connectivity index (χ0v) is 11.1. The Morgan fingerprint density at radius 3 is 3.00 bits per heavy atom. The van der Waals surface area contributed by atoms with Crippen molar-refractivity contribution in [3.05, 3.63) is 42.0 Å². The third-order valence-electron chi connectivity index (χ3n) is 3.33. The van der Waals surface area contributed by atoms with Crippen LogP contribution in [0.5, 0.6) is 0 Å². The van der Waals surface area contributed by atoms with E-state index in [1.807, 2.05) is 6.07 Å². The molecule has 1 aromatic rings. The SMILES string of the molecule is C=CCOC(=O)Nc1ccc2c(c1)CCCC2C(=O)O. The van der Waals surface area contributed by atoms with Crippen LogP contribution in [0.25, 0.3) is 0 Å². The van der Waals surface area contributed by atoms with E-state index in [0.717, 1.165) is 24.0 Å². The van der Waals surface area contributed by atoms with Gasteiger partial charge in [0.1, 0.15) is 6.61 Å². The molecule has 0 saturated carbocycles. The van der Waals surface area contributed by atoms with Gasteiger partial charge in [-0.2, -0.15) is 0 Å². The maximum absolute atomic E-state index is 11.4. The van der Waals surface area contributed by atoms with Crippen LogP contribution in [0.4, 0.5) is 10.5 Å². The number of hydrogen-bond donors (Lipinski definition) is 2. The average Bonchev–Trinajstić information content (AvgIpc) is 2.44. The van der Waals surface area contributed by atoms with Crippen molar-refractivity contribution in [3.63, 3.8) is 0 Å². The first-order valence-electron chi connectivity index (χ1n) is 6.52. The van der Waals surface area contributed by atoms with E-state index in [2.05, 4.69) is 11.9 Å². The molecule has 1 amide bonds. The summed E-state index contributed by atoms with van der Waals surface area (Å²) in [7, 11) is 0. The molecule has 0 aromatic heterocycles. The number of fused-ring (bicyclic) bond motifs is 1. The zero-order chi connectivity index (χ0) is 14.5. The van der Waals surface area contributed by atoms with Crippen LogP contribution in [0.1, 0.15) is 29.9 Å². The van der Waals surface area contributed by atoms with Gasteiger partial charge >= 0.3 is 12.1 Å². The standard InChI is InChI=1S/C15H17NO4/c1-2-8-20-15(19)16-11-6-7-12-10(9-11)4-3-5-13(12)14(17)18/h2,6-7,9,13H,1,3-5,8H2,(H,16,19)(H,17,18). The van der Waals surface area contributed by atoms with Gasteiger partial charge in [0, 0.05) is 5.69 Å². The average molecular weight is 275 g/mol. The van der Waals surface area contributed by atoms with Crippen molar-refractivity contribution in [2.45, 2.75) is 25.2 Å². The minimum Gasteiger partial charge on any atom is -0.481 e. The topological polar surface area (TPSA) is 75.6 Å². The van der Waals surface area contributed by atoms with Gasteiger partial charge in [0.2, 0.25) is 0 Å². The van der Waals surface area contributed by atoms with Crippen molar-refractivity contribution >= 4 is 17.7 Å². The number of aliphatic carboxylic acids is 1. The fourth-order valence-corrected chi connectivity index (χ4v) is 2.44. The second-order valence-electron chi connectivity index (χ2n) is 4.71. The molecule has 0 saturated heterocycles. The number of carbonyl (C=O) groups excluding carboxylic acids is 1. The summed E-state index contributed by atoms with van der Waals surface area (Å²) in [5.74, 6) is -1.24. The number of carbonyl (C=O) groups is 2. The normalized spacial score (nSPS) is 16.9. The molecule has 1 aliphatic rings. The van der Waals surface area contributed by atoms with Gasteiger partial charge in [-0.25, -0.2) is 4.79 Å². The molecule has 2 rings (SSSR count). The van der Waals surface area contributed by atoms with E-state index in [4.69, 9.17) is 4.74 Å². The highest BCUT2D eigenvalue weighted by atomic mass is 16.5. The first-order chi connectivity index (χ1) is 9.61. The van der Waals surface area contributed by atoms with Gasteiger partial charge in [0.25, 0.3) is 0 Å². The molecule has 0 spiro atoms. The molecule has 1 aromatic carbocycles. The second-order valence-corrected chi connectivity index (χ2v) is 4.71. The Balaban J connectivity index is 2.13. The molecule has 20 heavy (non-hydrogen) atoms.